The zero-order chi connectivity index (χ0) is 13.8. The Hall–Kier alpha value is -0.830. The predicted molar refractivity (Wildman–Crippen MR) is 80.0 cm³/mol. The van der Waals surface area contributed by atoms with Crippen LogP contribution < -0.4 is 0 Å². The van der Waals surface area contributed by atoms with Crippen LogP contribution in [0.4, 0.5) is 0 Å². The van der Waals surface area contributed by atoms with Gasteiger partial charge in [-0.3, -0.25) is 4.68 Å². The Morgan fingerprint density at radius 3 is 2.05 bits per heavy atom. The SMILES string of the molecule is CCCCCCCCCCCCn1cc(CO)cn1. The fourth-order valence-electron chi connectivity index (χ4n) is 2.37. The zero-order valence-electron chi connectivity index (χ0n) is 12.5. The summed E-state index contributed by atoms with van der Waals surface area (Å²) in [6, 6.07) is 0. The number of hydrogen-bond acceptors (Lipinski definition) is 2. The highest BCUT2D eigenvalue weighted by atomic mass is 16.3. The predicted octanol–water partition coefficient (Wildman–Crippen LogP) is 4.30. The molecule has 0 amide bonds. The molecule has 1 rings (SSSR count). The third-order valence-corrected chi connectivity index (χ3v) is 3.61. The molecule has 110 valence electrons. The van der Waals surface area contributed by atoms with E-state index in [1.165, 1.54) is 64.2 Å². The first-order valence-electron chi connectivity index (χ1n) is 7.99. The standard InChI is InChI=1S/C16H30N2O/c1-2-3-4-5-6-7-8-9-10-11-12-18-14-16(15-19)13-17-18/h13-14,19H,2-12,15H2,1H3. The number of nitrogens with zero attached hydrogens (tertiary/aromatic N) is 2. The van der Waals surface area contributed by atoms with E-state index in [1.807, 2.05) is 10.9 Å². The molecule has 0 saturated heterocycles. The first-order valence-corrected chi connectivity index (χ1v) is 7.99. The quantitative estimate of drug-likeness (QED) is 0.573. The molecule has 3 nitrogen and oxygen atoms in total. The van der Waals surface area contributed by atoms with Gasteiger partial charge in [-0.05, 0) is 6.42 Å². The Morgan fingerprint density at radius 2 is 1.53 bits per heavy atom. The van der Waals surface area contributed by atoms with Crippen LogP contribution in [0.1, 0.15) is 76.7 Å². The lowest BCUT2D eigenvalue weighted by atomic mass is 10.1. The first-order chi connectivity index (χ1) is 9.36. The Morgan fingerprint density at radius 1 is 0.947 bits per heavy atom. The highest BCUT2D eigenvalue weighted by Crippen LogP contribution is 2.11. The topological polar surface area (TPSA) is 38.0 Å². The highest BCUT2D eigenvalue weighted by molar-refractivity contribution is 5.01. The van der Waals surface area contributed by atoms with Gasteiger partial charge in [0, 0.05) is 18.3 Å². The van der Waals surface area contributed by atoms with Gasteiger partial charge in [0.05, 0.1) is 12.8 Å². The van der Waals surface area contributed by atoms with Crippen molar-refractivity contribution in [1.82, 2.24) is 9.78 Å². The first kappa shape index (κ1) is 16.2. The summed E-state index contributed by atoms with van der Waals surface area (Å²) in [5, 5.41) is 13.2. The normalized spacial score (nSPS) is 11.1. The molecule has 1 aromatic heterocycles. The minimum Gasteiger partial charge on any atom is -0.392 e. The van der Waals surface area contributed by atoms with Crippen LogP contribution in [-0.2, 0) is 13.2 Å². The van der Waals surface area contributed by atoms with E-state index >= 15 is 0 Å². The minimum atomic E-state index is 0.0953. The lowest BCUT2D eigenvalue weighted by Gasteiger charge is -2.03. The van der Waals surface area contributed by atoms with Gasteiger partial charge >= 0.3 is 0 Å². The molecule has 0 spiro atoms. The second-order valence-electron chi connectivity index (χ2n) is 5.45. The summed E-state index contributed by atoms with van der Waals surface area (Å²) in [4.78, 5) is 0. The molecule has 0 aliphatic heterocycles. The minimum absolute atomic E-state index is 0.0953. The molecule has 0 saturated carbocycles. The lowest BCUT2D eigenvalue weighted by molar-refractivity contribution is 0.281. The molecule has 0 radical (unpaired) electrons. The average molecular weight is 266 g/mol. The Balaban J connectivity index is 1.86. The van der Waals surface area contributed by atoms with Crippen LogP contribution in [0.2, 0.25) is 0 Å². The zero-order valence-corrected chi connectivity index (χ0v) is 12.5. The van der Waals surface area contributed by atoms with Crippen LogP contribution in [0.3, 0.4) is 0 Å². The third-order valence-electron chi connectivity index (χ3n) is 3.61. The van der Waals surface area contributed by atoms with E-state index < -0.39 is 0 Å². The smallest absolute Gasteiger partial charge is 0.0712 e. The van der Waals surface area contributed by atoms with Gasteiger partial charge in [-0.15, -0.1) is 0 Å². The maximum atomic E-state index is 8.94. The summed E-state index contributed by atoms with van der Waals surface area (Å²) in [6.45, 7) is 3.34. The molecule has 1 heterocycles. The largest absolute Gasteiger partial charge is 0.392 e. The Kier molecular flexibility index (Phi) is 9.42. The van der Waals surface area contributed by atoms with Crippen LogP contribution in [0, 0.1) is 0 Å². The van der Waals surface area contributed by atoms with Crippen molar-refractivity contribution in [2.24, 2.45) is 0 Å². The second kappa shape index (κ2) is 11.0. The average Bonchev–Trinajstić information content (AvgIpc) is 2.89. The molecule has 0 aliphatic rings. The van der Waals surface area contributed by atoms with Gasteiger partial charge in [-0.25, -0.2) is 0 Å². The third kappa shape index (κ3) is 8.04. The van der Waals surface area contributed by atoms with Crippen LogP contribution in [-0.4, -0.2) is 14.9 Å². The van der Waals surface area contributed by atoms with Gasteiger partial charge < -0.3 is 5.11 Å². The Labute approximate surface area is 118 Å². The van der Waals surface area contributed by atoms with Crippen LogP contribution in [0.25, 0.3) is 0 Å². The summed E-state index contributed by atoms with van der Waals surface area (Å²) in [6.07, 6.45) is 17.3. The number of rotatable bonds is 12. The van der Waals surface area contributed by atoms with Crippen molar-refractivity contribution in [3.63, 3.8) is 0 Å². The van der Waals surface area contributed by atoms with Crippen molar-refractivity contribution < 1.29 is 5.11 Å². The van der Waals surface area contributed by atoms with Crippen molar-refractivity contribution in [2.75, 3.05) is 0 Å². The number of unbranched alkanes of at least 4 members (excludes halogenated alkanes) is 9. The molecule has 0 aliphatic carbocycles. The second-order valence-corrected chi connectivity index (χ2v) is 5.45. The maximum Gasteiger partial charge on any atom is 0.0712 e. The van der Waals surface area contributed by atoms with Crippen LogP contribution in [0.5, 0.6) is 0 Å². The number of aliphatic hydroxyl groups excluding tert-OH is 1. The van der Waals surface area contributed by atoms with E-state index in [9.17, 15) is 0 Å². The molecule has 0 aromatic carbocycles. The monoisotopic (exact) mass is 266 g/mol. The van der Waals surface area contributed by atoms with E-state index in [0.717, 1.165) is 12.1 Å². The van der Waals surface area contributed by atoms with E-state index in [2.05, 4.69) is 12.0 Å². The molecule has 0 fully saturated rings. The van der Waals surface area contributed by atoms with Crippen molar-refractivity contribution >= 4 is 0 Å². The molecular weight excluding hydrogens is 236 g/mol. The van der Waals surface area contributed by atoms with E-state index in [-0.39, 0.29) is 6.61 Å². The molecule has 1 aromatic rings. The van der Waals surface area contributed by atoms with E-state index in [1.54, 1.807) is 6.20 Å². The van der Waals surface area contributed by atoms with E-state index in [0.29, 0.717) is 0 Å². The lowest BCUT2D eigenvalue weighted by Crippen LogP contribution is -1.98. The molecule has 1 N–H and O–H groups in total. The van der Waals surface area contributed by atoms with Crippen molar-refractivity contribution in [1.29, 1.82) is 0 Å². The summed E-state index contributed by atoms with van der Waals surface area (Å²) in [5.74, 6) is 0. The molecule has 0 atom stereocenters. The van der Waals surface area contributed by atoms with Crippen molar-refractivity contribution in [3.05, 3.63) is 18.0 Å². The molecule has 0 bridgehead atoms. The summed E-state index contributed by atoms with van der Waals surface area (Å²) in [7, 11) is 0. The highest BCUT2D eigenvalue weighted by Gasteiger charge is 1.97. The maximum absolute atomic E-state index is 8.94. The van der Waals surface area contributed by atoms with Gasteiger partial charge in [-0.1, -0.05) is 64.7 Å². The fourth-order valence-corrected chi connectivity index (χ4v) is 2.37. The van der Waals surface area contributed by atoms with Gasteiger partial charge in [0.2, 0.25) is 0 Å². The number of aromatic nitrogens is 2. The summed E-state index contributed by atoms with van der Waals surface area (Å²) >= 11 is 0. The van der Waals surface area contributed by atoms with Crippen molar-refractivity contribution in [2.45, 2.75) is 84.3 Å². The van der Waals surface area contributed by atoms with E-state index in [4.69, 9.17) is 5.11 Å². The van der Waals surface area contributed by atoms with Gasteiger partial charge in [0.1, 0.15) is 0 Å². The van der Waals surface area contributed by atoms with Crippen LogP contribution >= 0.6 is 0 Å². The molecule has 0 unspecified atom stereocenters. The number of aryl methyl sites for hydroxylation is 1. The van der Waals surface area contributed by atoms with Crippen LogP contribution in [0.15, 0.2) is 12.4 Å². The van der Waals surface area contributed by atoms with Gasteiger partial charge in [-0.2, -0.15) is 5.10 Å². The van der Waals surface area contributed by atoms with Gasteiger partial charge in [0.15, 0.2) is 0 Å². The molecule has 19 heavy (non-hydrogen) atoms. The number of hydrogen-bond donors (Lipinski definition) is 1. The van der Waals surface area contributed by atoms with Gasteiger partial charge in [0.25, 0.3) is 0 Å². The van der Waals surface area contributed by atoms with Crippen molar-refractivity contribution in [3.8, 4) is 0 Å². The fraction of sp³-hybridized carbons (Fsp3) is 0.812. The molecule has 3 heteroatoms. The Bertz CT molecular complexity index is 309. The summed E-state index contributed by atoms with van der Waals surface area (Å²) < 4.78 is 1.94. The molecular formula is C16H30N2O. The number of aliphatic hydroxyl groups is 1. The summed E-state index contributed by atoms with van der Waals surface area (Å²) in [5.41, 5.74) is 0.909.